The van der Waals surface area contributed by atoms with Crippen LogP contribution in [0.1, 0.15) is 29.7 Å². The smallest absolute Gasteiger partial charge is 0.271 e. The van der Waals surface area contributed by atoms with Crippen LogP contribution < -0.4 is 29.7 Å². The highest BCUT2D eigenvalue weighted by molar-refractivity contribution is 7.07. The summed E-state index contributed by atoms with van der Waals surface area (Å²) < 4.78 is 13.5. The molecule has 6 rings (SSSR count). The quantitative estimate of drug-likeness (QED) is 0.261. The minimum atomic E-state index is -0.689. The first kappa shape index (κ1) is 27.9. The molecule has 0 spiro atoms. The number of methoxy groups -OCH3 is 1. The van der Waals surface area contributed by atoms with Crippen molar-refractivity contribution >= 4 is 29.0 Å². The largest absolute Gasteiger partial charge is 0.497 e. The average Bonchev–Trinajstić information content (AvgIpc) is 3.34. The van der Waals surface area contributed by atoms with E-state index in [9.17, 15) is 9.59 Å². The van der Waals surface area contributed by atoms with Crippen molar-refractivity contribution < 1.29 is 14.3 Å². The molecule has 43 heavy (non-hydrogen) atoms. The first-order valence-electron chi connectivity index (χ1n) is 13.8. The van der Waals surface area contributed by atoms with Crippen molar-refractivity contribution in [1.29, 1.82) is 0 Å². The van der Waals surface area contributed by atoms with Crippen LogP contribution in [0, 0.1) is 0 Å². The molecule has 1 aromatic heterocycles. The van der Waals surface area contributed by atoms with E-state index in [0.29, 0.717) is 38.6 Å². The number of amides is 1. The van der Waals surface area contributed by atoms with Crippen LogP contribution in [-0.4, -0.2) is 17.6 Å². The lowest BCUT2D eigenvalue weighted by Crippen LogP contribution is -2.40. The molecule has 0 unspecified atom stereocenters. The number of fused-ring (bicyclic) bond motifs is 1. The molecule has 5 aromatic rings. The molecule has 1 N–H and O–H groups in total. The predicted molar refractivity (Wildman–Crippen MR) is 169 cm³/mol. The summed E-state index contributed by atoms with van der Waals surface area (Å²) in [7, 11) is 1.59. The van der Waals surface area contributed by atoms with Gasteiger partial charge in [0.1, 0.15) is 18.1 Å². The summed E-state index contributed by atoms with van der Waals surface area (Å²) in [5.74, 6) is 1.05. The van der Waals surface area contributed by atoms with Crippen molar-refractivity contribution in [1.82, 2.24) is 4.57 Å². The summed E-state index contributed by atoms with van der Waals surface area (Å²) in [6.07, 6.45) is 1.84. The summed E-state index contributed by atoms with van der Waals surface area (Å²) in [4.78, 5) is 33.0. The zero-order valence-corrected chi connectivity index (χ0v) is 24.5. The Balaban J connectivity index is 1.37. The van der Waals surface area contributed by atoms with Crippen LogP contribution in [0.5, 0.6) is 11.5 Å². The third kappa shape index (κ3) is 6.05. The van der Waals surface area contributed by atoms with E-state index >= 15 is 0 Å². The molecule has 0 saturated carbocycles. The van der Waals surface area contributed by atoms with Gasteiger partial charge in [-0.25, -0.2) is 4.99 Å². The number of nitrogens with one attached hydrogen (secondary N) is 1. The minimum Gasteiger partial charge on any atom is -0.497 e. The maximum absolute atomic E-state index is 14.0. The summed E-state index contributed by atoms with van der Waals surface area (Å²) in [5.41, 5.74) is 4.08. The number of para-hydroxylation sites is 1. The van der Waals surface area contributed by atoms with Gasteiger partial charge in [-0.15, -0.1) is 0 Å². The number of carbonyl (C=O) groups excluding carboxylic acids is 1. The molecule has 1 amide bonds. The zero-order valence-electron chi connectivity index (χ0n) is 23.7. The van der Waals surface area contributed by atoms with Gasteiger partial charge in [0.15, 0.2) is 4.80 Å². The Morgan fingerprint density at radius 3 is 2.37 bits per heavy atom. The van der Waals surface area contributed by atoms with Crippen LogP contribution in [0.25, 0.3) is 6.08 Å². The van der Waals surface area contributed by atoms with Crippen molar-refractivity contribution in [2.45, 2.75) is 19.6 Å². The highest BCUT2D eigenvalue weighted by atomic mass is 32.1. The molecule has 4 aromatic carbocycles. The fourth-order valence-electron chi connectivity index (χ4n) is 5.01. The second-order valence-corrected chi connectivity index (χ2v) is 11.0. The number of ether oxygens (including phenoxy) is 2. The molecule has 0 aliphatic carbocycles. The minimum absolute atomic E-state index is 0.224. The van der Waals surface area contributed by atoms with E-state index in [-0.39, 0.29) is 11.5 Å². The molecule has 0 radical (unpaired) electrons. The van der Waals surface area contributed by atoms with Crippen LogP contribution in [-0.2, 0) is 11.4 Å². The van der Waals surface area contributed by atoms with Gasteiger partial charge in [-0.3, -0.25) is 14.2 Å². The topological polar surface area (TPSA) is 81.9 Å². The Bertz CT molecular complexity index is 1980. The van der Waals surface area contributed by atoms with Crippen LogP contribution in [0.15, 0.2) is 130 Å². The number of hydrogen-bond acceptors (Lipinski definition) is 6. The number of aromatic nitrogens is 1. The average molecular weight is 588 g/mol. The SMILES string of the molecule is COc1cccc([C@@H]2C(C(=O)Nc3ccccc3)=C(C)N=c3s/c(=C\c4ccc(OCc5ccccc5)cc4)c(=O)n32)c1. The zero-order chi connectivity index (χ0) is 29.8. The Hall–Kier alpha value is -5.21. The van der Waals surface area contributed by atoms with Crippen molar-refractivity contribution in [2.75, 3.05) is 12.4 Å². The summed E-state index contributed by atoms with van der Waals surface area (Å²) in [6.45, 7) is 2.28. The lowest BCUT2D eigenvalue weighted by molar-refractivity contribution is -0.113. The molecular formula is C35H29N3O4S. The van der Waals surface area contributed by atoms with Gasteiger partial charge in [-0.1, -0.05) is 84.1 Å². The van der Waals surface area contributed by atoms with Crippen molar-refractivity contribution in [3.63, 3.8) is 0 Å². The molecule has 1 atom stereocenters. The number of benzene rings is 4. The maximum Gasteiger partial charge on any atom is 0.271 e. The monoisotopic (exact) mass is 587 g/mol. The number of allylic oxidation sites excluding steroid dienone is 1. The predicted octanol–water partition coefficient (Wildman–Crippen LogP) is 5.46. The molecule has 0 fully saturated rings. The van der Waals surface area contributed by atoms with E-state index in [2.05, 4.69) is 5.32 Å². The highest BCUT2D eigenvalue weighted by Crippen LogP contribution is 2.32. The number of rotatable bonds is 8. The van der Waals surface area contributed by atoms with Gasteiger partial charge in [-0.2, -0.15) is 0 Å². The van der Waals surface area contributed by atoms with E-state index < -0.39 is 6.04 Å². The summed E-state index contributed by atoms with van der Waals surface area (Å²) >= 11 is 1.30. The molecule has 1 aliphatic heterocycles. The first-order chi connectivity index (χ1) is 21.0. The van der Waals surface area contributed by atoms with Gasteiger partial charge in [0, 0.05) is 5.69 Å². The highest BCUT2D eigenvalue weighted by Gasteiger charge is 2.32. The second-order valence-electron chi connectivity index (χ2n) is 10.0. The molecule has 1 aliphatic rings. The maximum atomic E-state index is 14.0. The van der Waals surface area contributed by atoms with E-state index in [1.807, 2.05) is 115 Å². The van der Waals surface area contributed by atoms with Gasteiger partial charge in [0.2, 0.25) is 0 Å². The molecule has 0 saturated heterocycles. The number of carbonyl (C=O) groups is 1. The first-order valence-corrected chi connectivity index (χ1v) is 14.6. The van der Waals surface area contributed by atoms with Gasteiger partial charge in [-0.05, 0) is 66.1 Å². The van der Waals surface area contributed by atoms with Crippen LogP contribution in [0.2, 0.25) is 0 Å². The van der Waals surface area contributed by atoms with Crippen LogP contribution >= 0.6 is 11.3 Å². The van der Waals surface area contributed by atoms with Crippen LogP contribution in [0.4, 0.5) is 5.69 Å². The molecular weight excluding hydrogens is 558 g/mol. The third-order valence-corrected chi connectivity index (χ3v) is 8.12. The van der Waals surface area contributed by atoms with Gasteiger partial charge < -0.3 is 14.8 Å². The molecule has 8 heteroatoms. The fraction of sp³-hybridized carbons (Fsp3) is 0.114. The number of hydrogen-bond donors (Lipinski definition) is 1. The fourth-order valence-corrected chi connectivity index (χ4v) is 6.06. The lowest BCUT2D eigenvalue weighted by Gasteiger charge is -2.25. The summed E-state index contributed by atoms with van der Waals surface area (Å²) in [6, 6.07) is 33.6. The standard InChI is InChI=1S/C35H29N3O4S/c1-23-31(33(39)37-27-13-7-4-8-14-27)32(26-12-9-15-29(21-26)41-2)38-34(40)30(43-35(38)36-23)20-24-16-18-28(19-17-24)42-22-25-10-5-3-6-11-25/h3-21,32H,22H2,1-2H3,(H,37,39)/b30-20-/t32-/m1/s1. The lowest BCUT2D eigenvalue weighted by atomic mass is 9.95. The van der Waals surface area contributed by atoms with Gasteiger partial charge >= 0.3 is 0 Å². The number of thiazole rings is 1. The van der Waals surface area contributed by atoms with Crippen molar-refractivity contribution in [2.24, 2.45) is 4.99 Å². The Morgan fingerprint density at radius 1 is 0.930 bits per heavy atom. The normalized spacial score (nSPS) is 14.6. The van der Waals surface area contributed by atoms with E-state index in [4.69, 9.17) is 14.5 Å². The van der Waals surface area contributed by atoms with Crippen LogP contribution in [0.3, 0.4) is 0 Å². The Morgan fingerprint density at radius 2 is 1.65 bits per heavy atom. The number of anilines is 1. The molecule has 2 heterocycles. The number of nitrogens with zero attached hydrogens (tertiary/aromatic N) is 2. The third-order valence-electron chi connectivity index (χ3n) is 7.13. The van der Waals surface area contributed by atoms with E-state index in [0.717, 1.165) is 22.4 Å². The summed E-state index contributed by atoms with van der Waals surface area (Å²) in [5, 5.41) is 2.97. The van der Waals surface area contributed by atoms with E-state index in [1.54, 1.807) is 18.6 Å². The molecule has 214 valence electrons. The van der Waals surface area contributed by atoms with E-state index in [1.165, 1.54) is 11.3 Å². The van der Waals surface area contributed by atoms with Gasteiger partial charge in [0.25, 0.3) is 11.5 Å². The van der Waals surface area contributed by atoms with Crippen molar-refractivity contribution in [3.05, 3.63) is 157 Å². The Kier molecular flexibility index (Phi) is 8.02. The molecule has 7 nitrogen and oxygen atoms in total. The van der Waals surface area contributed by atoms with Crippen molar-refractivity contribution in [3.8, 4) is 11.5 Å². The van der Waals surface area contributed by atoms with Gasteiger partial charge in [0.05, 0.1) is 29.0 Å². The Labute approximate surface area is 252 Å². The second kappa shape index (κ2) is 12.3. The molecule has 0 bridgehead atoms.